The summed E-state index contributed by atoms with van der Waals surface area (Å²) in [5.41, 5.74) is 3.92. The van der Waals surface area contributed by atoms with Crippen LogP contribution in [0.1, 0.15) is 48.6 Å². The van der Waals surface area contributed by atoms with Crippen LogP contribution in [0.4, 0.5) is 0 Å². The fraction of sp³-hybridized carbons (Fsp3) is 0.500. The Hall–Kier alpha value is -2.32. The van der Waals surface area contributed by atoms with Gasteiger partial charge in [-0.2, -0.15) is 0 Å². The predicted molar refractivity (Wildman–Crippen MR) is 97.1 cm³/mol. The largest absolute Gasteiger partial charge is 0.469 e. The summed E-state index contributed by atoms with van der Waals surface area (Å²) in [4.78, 5) is 23.5. The first kappa shape index (κ1) is 20.7. The lowest BCUT2D eigenvalue weighted by molar-refractivity contribution is -0.153. The van der Waals surface area contributed by atoms with E-state index in [0.29, 0.717) is 6.54 Å². The molecule has 0 aliphatic rings. The van der Waals surface area contributed by atoms with Gasteiger partial charge in [0.15, 0.2) is 0 Å². The topological polar surface area (TPSA) is 64.6 Å². The van der Waals surface area contributed by atoms with Gasteiger partial charge < -0.3 is 14.8 Å². The molecule has 0 aliphatic carbocycles. The van der Waals surface area contributed by atoms with E-state index in [2.05, 4.69) is 11.2 Å². The lowest BCUT2D eigenvalue weighted by Gasteiger charge is -2.20. The number of benzene rings is 1. The number of hydrogen-bond donors (Lipinski definition) is 1. The van der Waals surface area contributed by atoms with Crippen molar-refractivity contribution in [3.8, 4) is 12.3 Å². The first-order valence-corrected chi connectivity index (χ1v) is 8.17. The molecule has 1 aromatic rings. The zero-order valence-corrected chi connectivity index (χ0v) is 15.9. The van der Waals surface area contributed by atoms with Gasteiger partial charge in [0.1, 0.15) is 5.60 Å². The number of nitrogens with one attached hydrogen (secondary N) is 1. The molecule has 1 aromatic carbocycles. The molecule has 0 saturated heterocycles. The summed E-state index contributed by atoms with van der Waals surface area (Å²) in [6.45, 7) is 9.87. The number of terminal acetylenes is 1. The van der Waals surface area contributed by atoms with Gasteiger partial charge in [0.25, 0.3) is 0 Å². The van der Waals surface area contributed by atoms with Gasteiger partial charge in [-0.25, -0.2) is 0 Å². The Kier molecular flexibility index (Phi) is 7.20. The molecule has 136 valence electrons. The highest BCUT2D eigenvalue weighted by Gasteiger charge is 2.17. The van der Waals surface area contributed by atoms with Gasteiger partial charge >= 0.3 is 11.9 Å². The molecule has 0 unspecified atom stereocenters. The summed E-state index contributed by atoms with van der Waals surface area (Å²) in [5.74, 6) is 2.03. The van der Waals surface area contributed by atoms with Gasteiger partial charge in [0, 0.05) is 12.1 Å². The third-order valence-electron chi connectivity index (χ3n) is 3.82. The molecule has 0 saturated carbocycles. The molecular formula is C20H27NO4. The monoisotopic (exact) mass is 345 g/mol. The molecule has 0 radical (unpaired) electrons. The highest BCUT2D eigenvalue weighted by atomic mass is 16.6. The van der Waals surface area contributed by atoms with Gasteiger partial charge in [-0.05, 0) is 62.9 Å². The molecule has 0 fully saturated rings. The van der Waals surface area contributed by atoms with Gasteiger partial charge in [-0.1, -0.05) is 5.92 Å². The van der Waals surface area contributed by atoms with E-state index in [1.807, 2.05) is 40.7 Å². The smallest absolute Gasteiger partial charge is 0.320 e. The van der Waals surface area contributed by atoms with Crippen molar-refractivity contribution >= 4 is 11.9 Å². The minimum atomic E-state index is -0.511. The predicted octanol–water partition coefficient (Wildman–Crippen LogP) is 2.43. The number of carbonyl (C=O) groups excluding carboxylic acids is 2. The van der Waals surface area contributed by atoms with Crippen molar-refractivity contribution in [3.05, 3.63) is 33.9 Å². The molecule has 1 N–H and O–H groups in total. The minimum Gasteiger partial charge on any atom is -0.469 e. The van der Waals surface area contributed by atoms with Gasteiger partial charge in [0.05, 0.1) is 20.1 Å². The Balaban J connectivity index is 2.93. The highest BCUT2D eigenvalue weighted by molar-refractivity contribution is 5.74. The van der Waals surface area contributed by atoms with Gasteiger partial charge in [-0.15, -0.1) is 6.42 Å². The van der Waals surface area contributed by atoms with E-state index < -0.39 is 5.60 Å². The number of rotatable bonds is 6. The summed E-state index contributed by atoms with van der Waals surface area (Å²) >= 11 is 0. The first-order valence-electron chi connectivity index (χ1n) is 8.17. The van der Waals surface area contributed by atoms with Crippen LogP contribution in [0.25, 0.3) is 0 Å². The van der Waals surface area contributed by atoms with E-state index in [0.717, 1.165) is 27.8 Å². The van der Waals surface area contributed by atoms with Crippen LogP contribution in [0, 0.1) is 26.2 Å². The van der Waals surface area contributed by atoms with Crippen molar-refractivity contribution in [2.24, 2.45) is 0 Å². The molecule has 25 heavy (non-hydrogen) atoms. The molecule has 0 amide bonds. The van der Waals surface area contributed by atoms with E-state index in [9.17, 15) is 9.59 Å². The van der Waals surface area contributed by atoms with Crippen LogP contribution >= 0.6 is 0 Å². The van der Waals surface area contributed by atoms with E-state index in [1.54, 1.807) is 0 Å². The summed E-state index contributed by atoms with van der Waals surface area (Å²) in [7, 11) is 1.36. The van der Waals surface area contributed by atoms with Crippen LogP contribution in [0.5, 0.6) is 0 Å². The zero-order valence-electron chi connectivity index (χ0n) is 15.9. The molecule has 0 bridgehead atoms. The van der Waals surface area contributed by atoms with E-state index in [1.165, 1.54) is 7.11 Å². The van der Waals surface area contributed by atoms with Crippen molar-refractivity contribution in [2.45, 2.75) is 53.2 Å². The molecule has 0 atom stereocenters. The Bertz CT molecular complexity index is 693. The van der Waals surface area contributed by atoms with Crippen LogP contribution in [0.2, 0.25) is 0 Å². The van der Waals surface area contributed by atoms with Crippen LogP contribution in [0.15, 0.2) is 6.07 Å². The van der Waals surface area contributed by atoms with Crippen LogP contribution < -0.4 is 5.32 Å². The molecule has 1 rings (SSSR count). The second-order valence-corrected chi connectivity index (χ2v) is 6.90. The second kappa shape index (κ2) is 8.68. The lowest BCUT2D eigenvalue weighted by atomic mass is 9.91. The summed E-state index contributed by atoms with van der Waals surface area (Å²) < 4.78 is 10.0. The fourth-order valence-electron chi connectivity index (χ4n) is 2.52. The third-order valence-corrected chi connectivity index (χ3v) is 3.82. The first-order chi connectivity index (χ1) is 11.6. The molecule has 0 aromatic heterocycles. The summed E-state index contributed by atoms with van der Waals surface area (Å²) in [6, 6.07) is 1.91. The number of ether oxygens (including phenoxy) is 2. The van der Waals surface area contributed by atoms with Crippen molar-refractivity contribution in [1.82, 2.24) is 5.32 Å². The van der Waals surface area contributed by atoms with Gasteiger partial charge in [0.2, 0.25) is 0 Å². The number of methoxy groups -OCH3 is 1. The number of carbonyl (C=O) groups is 2. The van der Waals surface area contributed by atoms with Crippen LogP contribution in [0.3, 0.4) is 0 Å². The summed E-state index contributed by atoms with van der Waals surface area (Å²) in [6.07, 6.45) is 5.76. The third kappa shape index (κ3) is 6.24. The van der Waals surface area contributed by atoms with E-state index in [-0.39, 0.29) is 24.9 Å². The zero-order chi connectivity index (χ0) is 19.2. The highest BCUT2D eigenvalue weighted by Crippen LogP contribution is 2.23. The molecule has 0 spiro atoms. The van der Waals surface area contributed by atoms with Gasteiger partial charge in [-0.3, -0.25) is 9.59 Å². The van der Waals surface area contributed by atoms with Crippen molar-refractivity contribution in [3.63, 3.8) is 0 Å². The average Bonchev–Trinajstić information content (AvgIpc) is 2.51. The maximum atomic E-state index is 11.8. The molecular weight excluding hydrogens is 318 g/mol. The standard InChI is InChI=1S/C20H27NO4/c1-8-15-9-16(11-21-12-19(23)25-20(4,5)6)14(3)17(13(15)2)10-18(22)24-7/h1,9,21H,10-12H2,2-7H3. The maximum absolute atomic E-state index is 11.8. The normalized spacial score (nSPS) is 10.9. The lowest BCUT2D eigenvalue weighted by Crippen LogP contribution is -2.31. The number of esters is 2. The van der Waals surface area contributed by atoms with Crippen molar-refractivity contribution in [1.29, 1.82) is 0 Å². The maximum Gasteiger partial charge on any atom is 0.320 e. The Morgan fingerprint density at radius 2 is 1.84 bits per heavy atom. The summed E-state index contributed by atoms with van der Waals surface area (Å²) in [5, 5.41) is 3.07. The van der Waals surface area contributed by atoms with Crippen molar-refractivity contribution < 1.29 is 19.1 Å². The molecule has 5 nitrogen and oxygen atoms in total. The Morgan fingerprint density at radius 1 is 1.20 bits per heavy atom. The average molecular weight is 345 g/mol. The van der Waals surface area contributed by atoms with E-state index in [4.69, 9.17) is 15.9 Å². The Morgan fingerprint density at radius 3 is 2.36 bits per heavy atom. The molecule has 0 aliphatic heterocycles. The SMILES string of the molecule is C#Cc1cc(CNCC(=O)OC(C)(C)C)c(C)c(CC(=O)OC)c1C. The van der Waals surface area contributed by atoms with Crippen molar-refractivity contribution in [2.75, 3.05) is 13.7 Å². The fourth-order valence-corrected chi connectivity index (χ4v) is 2.52. The van der Waals surface area contributed by atoms with Crippen LogP contribution in [-0.2, 0) is 32.0 Å². The quantitative estimate of drug-likeness (QED) is 0.634. The minimum absolute atomic E-state index is 0.0995. The number of hydrogen-bond acceptors (Lipinski definition) is 5. The molecule has 5 heteroatoms. The van der Waals surface area contributed by atoms with Crippen LogP contribution in [-0.4, -0.2) is 31.2 Å². The second-order valence-electron chi connectivity index (χ2n) is 6.90. The Labute approximate surface area is 150 Å². The van der Waals surface area contributed by atoms with E-state index >= 15 is 0 Å². The molecule has 0 heterocycles.